The Morgan fingerprint density at radius 3 is 2.00 bits per heavy atom. The van der Waals surface area contributed by atoms with Crippen molar-refractivity contribution in [1.29, 1.82) is 0 Å². The summed E-state index contributed by atoms with van der Waals surface area (Å²) >= 11 is 0. The van der Waals surface area contributed by atoms with Crippen molar-refractivity contribution >= 4 is 21.2 Å². The average Bonchev–Trinajstić information content (AvgIpc) is 2.16. The fourth-order valence-corrected chi connectivity index (χ4v) is 4.18. The van der Waals surface area contributed by atoms with Gasteiger partial charge in [-0.1, -0.05) is 32.1 Å². The van der Waals surface area contributed by atoms with Crippen molar-refractivity contribution in [1.82, 2.24) is 0 Å². The first-order valence-electron chi connectivity index (χ1n) is 5.92. The zero-order valence-corrected chi connectivity index (χ0v) is 11.2. The SMILES string of the molecule is CC(=O)O[SiH](CC1CCCCC1)OC(C)=O. The molecule has 4 nitrogen and oxygen atoms in total. The first-order valence-corrected chi connectivity index (χ1v) is 7.68. The van der Waals surface area contributed by atoms with Crippen LogP contribution < -0.4 is 0 Å². The zero-order valence-electron chi connectivity index (χ0n) is 10.0. The summed E-state index contributed by atoms with van der Waals surface area (Å²) in [5, 5.41) is 0. The predicted molar refractivity (Wildman–Crippen MR) is 62.1 cm³/mol. The molecule has 0 heterocycles. The summed E-state index contributed by atoms with van der Waals surface area (Å²) in [7, 11) is -2.12. The molecule has 0 saturated heterocycles. The van der Waals surface area contributed by atoms with E-state index in [1.54, 1.807) is 0 Å². The second kappa shape index (κ2) is 6.68. The lowest BCUT2D eigenvalue weighted by Gasteiger charge is -2.24. The second-order valence-corrected chi connectivity index (χ2v) is 6.19. The van der Waals surface area contributed by atoms with Gasteiger partial charge in [0.05, 0.1) is 0 Å². The monoisotopic (exact) mass is 244 g/mol. The largest absolute Gasteiger partial charge is 0.487 e. The molecule has 0 amide bonds. The maximum absolute atomic E-state index is 10.9. The van der Waals surface area contributed by atoms with Crippen LogP contribution in [0.3, 0.4) is 0 Å². The highest BCUT2D eigenvalue weighted by Gasteiger charge is 2.26. The Bertz CT molecular complexity index is 232. The first kappa shape index (κ1) is 13.2. The third-order valence-corrected chi connectivity index (χ3v) is 5.09. The molecule has 0 atom stereocenters. The van der Waals surface area contributed by atoms with Crippen molar-refractivity contribution < 1.29 is 18.4 Å². The molecule has 0 aliphatic heterocycles. The Hall–Kier alpha value is -0.843. The molecule has 1 fully saturated rings. The molecular formula is C11H20O4Si. The molecule has 92 valence electrons. The Morgan fingerprint density at radius 2 is 1.56 bits per heavy atom. The molecule has 0 aromatic rings. The summed E-state index contributed by atoms with van der Waals surface area (Å²) in [5.74, 6) is -0.105. The van der Waals surface area contributed by atoms with Gasteiger partial charge in [0.25, 0.3) is 11.9 Å². The molecule has 0 N–H and O–H groups in total. The standard InChI is InChI=1S/C11H20O4Si/c1-9(12)14-16(15-10(2)13)8-11-6-4-3-5-7-11/h11,16H,3-8H2,1-2H3. The predicted octanol–water partition coefficient (Wildman–Crippen LogP) is 1.91. The van der Waals surface area contributed by atoms with Crippen molar-refractivity contribution in [3.63, 3.8) is 0 Å². The molecule has 0 bridgehead atoms. The molecule has 1 aliphatic carbocycles. The second-order valence-electron chi connectivity index (χ2n) is 4.39. The van der Waals surface area contributed by atoms with Crippen molar-refractivity contribution in [2.45, 2.75) is 52.0 Å². The van der Waals surface area contributed by atoms with E-state index in [4.69, 9.17) is 8.85 Å². The maximum atomic E-state index is 10.9. The van der Waals surface area contributed by atoms with Crippen LogP contribution in [0.15, 0.2) is 0 Å². The van der Waals surface area contributed by atoms with Crippen LogP contribution in [0.2, 0.25) is 6.04 Å². The van der Waals surface area contributed by atoms with E-state index in [-0.39, 0.29) is 11.9 Å². The summed E-state index contributed by atoms with van der Waals surface area (Å²) in [4.78, 5) is 21.8. The minimum absolute atomic E-state index is 0.339. The van der Waals surface area contributed by atoms with Crippen molar-refractivity contribution in [3.05, 3.63) is 0 Å². The van der Waals surface area contributed by atoms with Gasteiger partial charge in [-0.3, -0.25) is 9.59 Å². The van der Waals surface area contributed by atoms with E-state index in [2.05, 4.69) is 0 Å². The highest BCUT2D eigenvalue weighted by atomic mass is 28.3. The van der Waals surface area contributed by atoms with Gasteiger partial charge in [-0.05, 0) is 5.92 Å². The summed E-state index contributed by atoms with van der Waals surface area (Å²) < 4.78 is 10.2. The topological polar surface area (TPSA) is 52.6 Å². The fraction of sp³-hybridized carbons (Fsp3) is 0.818. The summed E-state index contributed by atoms with van der Waals surface area (Å²) in [6, 6.07) is 0.777. The number of carbonyl (C=O) groups is 2. The van der Waals surface area contributed by atoms with Crippen LogP contribution in [0.4, 0.5) is 0 Å². The lowest BCUT2D eigenvalue weighted by molar-refractivity contribution is -0.137. The third kappa shape index (κ3) is 5.30. The van der Waals surface area contributed by atoms with Gasteiger partial charge in [-0.2, -0.15) is 0 Å². The molecule has 0 aromatic heterocycles. The lowest BCUT2D eigenvalue weighted by Crippen LogP contribution is -2.30. The van der Waals surface area contributed by atoms with Crippen LogP contribution in [0.25, 0.3) is 0 Å². The maximum Gasteiger partial charge on any atom is 0.448 e. The molecule has 5 heteroatoms. The number of hydrogen-bond acceptors (Lipinski definition) is 4. The van der Waals surface area contributed by atoms with Crippen LogP contribution in [0.1, 0.15) is 46.0 Å². The van der Waals surface area contributed by atoms with Crippen LogP contribution in [0, 0.1) is 5.92 Å². The molecule has 0 aromatic carbocycles. The van der Waals surface area contributed by atoms with Gasteiger partial charge < -0.3 is 8.85 Å². The Balaban J connectivity index is 2.40. The molecular weight excluding hydrogens is 224 g/mol. The van der Waals surface area contributed by atoms with Gasteiger partial charge in [0.2, 0.25) is 0 Å². The molecule has 0 radical (unpaired) electrons. The van der Waals surface area contributed by atoms with E-state index in [9.17, 15) is 9.59 Å². The van der Waals surface area contributed by atoms with Crippen molar-refractivity contribution in [2.75, 3.05) is 0 Å². The van der Waals surface area contributed by atoms with E-state index >= 15 is 0 Å². The van der Waals surface area contributed by atoms with E-state index in [0.29, 0.717) is 5.92 Å². The normalized spacial score (nSPS) is 17.2. The van der Waals surface area contributed by atoms with Crippen molar-refractivity contribution in [3.8, 4) is 0 Å². The van der Waals surface area contributed by atoms with Gasteiger partial charge in [-0.15, -0.1) is 0 Å². The van der Waals surface area contributed by atoms with Crippen LogP contribution in [-0.4, -0.2) is 21.2 Å². The molecule has 0 unspecified atom stereocenters. The van der Waals surface area contributed by atoms with Crippen LogP contribution in [-0.2, 0) is 18.4 Å². The van der Waals surface area contributed by atoms with Gasteiger partial charge in [0, 0.05) is 19.9 Å². The molecule has 16 heavy (non-hydrogen) atoms. The Kier molecular flexibility index (Phi) is 5.52. The van der Waals surface area contributed by atoms with Crippen LogP contribution in [0.5, 0.6) is 0 Å². The minimum atomic E-state index is -2.12. The van der Waals surface area contributed by atoms with E-state index in [0.717, 1.165) is 6.04 Å². The number of hydrogen-bond donors (Lipinski definition) is 0. The molecule has 1 aliphatic rings. The quantitative estimate of drug-likeness (QED) is 0.709. The number of rotatable bonds is 4. The average molecular weight is 244 g/mol. The summed E-state index contributed by atoms with van der Waals surface area (Å²) in [5.41, 5.74) is 0. The minimum Gasteiger partial charge on any atom is -0.487 e. The smallest absolute Gasteiger partial charge is 0.448 e. The molecule has 1 saturated carbocycles. The highest BCUT2D eigenvalue weighted by Crippen LogP contribution is 2.28. The van der Waals surface area contributed by atoms with E-state index < -0.39 is 9.28 Å². The Morgan fingerprint density at radius 1 is 1.06 bits per heavy atom. The first-order chi connectivity index (χ1) is 7.58. The van der Waals surface area contributed by atoms with Crippen molar-refractivity contribution in [2.24, 2.45) is 5.92 Å². The van der Waals surface area contributed by atoms with Gasteiger partial charge in [0.1, 0.15) is 0 Å². The highest BCUT2D eigenvalue weighted by molar-refractivity contribution is 6.48. The molecule has 0 spiro atoms. The summed E-state index contributed by atoms with van der Waals surface area (Å²) in [6.45, 7) is 2.73. The summed E-state index contributed by atoms with van der Waals surface area (Å²) in [6.07, 6.45) is 6.12. The zero-order chi connectivity index (χ0) is 12.0. The fourth-order valence-electron chi connectivity index (χ4n) is 2.19. The van der Waals surface area contributed by atoms with Gasteiger partial charge in [-0.25, -0.2) is 0 Å². The number of carbonyl (C=O) groups excluding carboxylic acids is 2. The Labute approximate surface area is 98.2 Å². The van der Waals surface area contributed by atoms with E-state index in [1.807, 2.05) is 0 Å². The van der Waals surface area contributed by atoms with Crippen LogP contribution >= 0.6 is 0 Å². The third-order valence-electron chi connectivity index (χ3n) is 2.85. The van der Waals surface area contributed by atoms with Gasteiger partial charge in [0.15, 0.2) is 0 Å². The molecule has 1 rings (SSSR count). The van der Waals surface area contributed by atoms with E-state index in [1.165, 1.54) is 46.0 Å². The van der Waals surface area contributed by atoms with Gasteiger partial charge >= 0.3 is 9.28 Å². The lowest BCUT2D eigenvalue weighted by atomic mass is 9.91.